The fourth-order valence-corrected chi connectivity index (χ4v) is 4.34. The normalized spacial score (nSPS) is 13.9. The summed E-state index contributed by atoms with van der Waals surface area (Å²) >= 11 is 1.67. The van der Waals surface area contributed by atoms with Crippen LogP contribution < -0.4 is 0 Å². The highest BCUT2D eigenvalue weighted by Gasteiger charge is 2.32. The summed E-state index contributed by atoms with van der Waals surface area (Å²) in [5.74, 6) is -0.341. The average Bonchev–Trinajstić information content (AvgIpc) is 3.31. The molecular formula is C22H28N2O3S. The van der Waals surface area contributed by atoms with Crippen molar-refractivity contribution in [1.29, 1.82) is 0 Å². The quantitative estimate of drug-likeness (QED) is 0.482. The summed E-state index contributed by atoms with van der Waals surface area (Å²) in [6.45, 7) is 9.48. The SMILES string of the molecule is CCOC(=O)c1c(/C=C/C(=O)N(Cc2cccs2)C2CC2)c(C)n(CC)c1C. The molecule has 28 heavy (non-hydrogen) atoms. The number of nitrogens with zero attached hydrogens (tertiary/aromatic N) is 2. The summed E-state index contributed by atoms with van der Waals surface area (Å²) in [5.41, 5.74) is 3.19. The van der Waals surface area contributed by atoms with Crippen LogP contribution in [-0.4, -0.2) is 34.0 Å². The lowest BCUT2D eigenvalue weighted by Gasteiger charge is -2.20. The van der Waals surface area contributed by atoms with Gasteiger partial charge in [-0.1, -0.05) is 6.07 Å². The van der Waals surface area contributed by atoms with Crippen LogP contribution in [0.4, 0.5) is 0 Å². The Labute approximate surface area is 170 Å². The van der Waals surface area contributed by atoms with Gasteiger partial charge in [-0.2, -0.15) is 0 Å². The van der Waals surface area contributed by atoms with Gasteiger partial charge in [0.05, 0.1) is 18.7 Å². The number of thiophene rings is 1. The van der Waals surface area contributed by atoms with E-state index in [4.69, 9.17) is 4.74 Å². The van der Waals surface area contributed by atoms with Crippen molar-refractivity contribution in [3.8, 4) is 0 Å². The van der Waals surface area contributed by atoms with Crippen molar-refractivity contribution < 1.29 is 14.3 Å². The standard InChI is InChI=1S/C22H28N2O3S/c1-5-23-15(3)19(21(16(23)4)22(26)27-6-2)11-12-20(25)24(17-9-10-17)14-18-8-7-13-28-18/h7-8,11-13,17H,5-6,9-10,14H2,1-4H3/b12-11+. The summed E-state index contributed by atoms with van der Waals surface area (Å²) in [5, 5.41) is 2.03. The Morgan fingerprint density at radius 1 is 1.29 bits per heavy atom. The van der Waals surface area contributed by atoms with E-state index in [-0.39, 0.29) is 11.9 Å². The Morgan fingerprint density at radius 3 is 2.61 bits per heavy atom. The third-order valence-electron chi connectivity index (χ3n) is 5.20. The summed E-state index contributed by atoms with van der Waals surface area (Å²) in [4.78, 5) is 28.6. The van der Waals surface area contributed by atoms with Crippen LogP contribution >= 0.6 is 11.3 Å². The molecule has 0 bridgehead atoms. The molecule has 0 aromatic carbocycles. The fraction of sp³-hybridized carbons (Fsp3) is 0.455. The second-order valence-electron chi connectivity index (χ2n) is 7.03. The Balaban J connectivity index is 1.87. The first-order chi connectivity index (χ1) is 13.5. The molecule has 0 atom stereocenters. The largest absolute Gasteiger partial charge is 0.462 e. The van der Waals surface area contributed by atoms with Gasteiger partial charge in [0, 0.05) is 40.5 Å². The molecule has 1 aliphatic carbocycles. The molecule has 1 amide bonds. The Bertz CT molecular complexity index is 876. The van der Waals surface area contributed by atoms with Crippen molar-refractivity contribution >= 4 is 29.3 Å². The summed E-state index contributed by atoms with van der Waals surface area (Å²) < 4.78 is 7.34. The molecular weight excluding hydrogens is 372 g/mol. The molecule has 2 aromatic rings. The molecule has 6 heteroatoms. The van der Waals surface area contributed by atoms with E-state index in [1.807, 2.05) is 37.1 Å². The lowest BCUT2D eigenvalue weighted by Crippen LogP contribution is -2.30. The fourth-order valence-electron chi connectivity index (χ4n) is 3.64. The number of ether oxygens (including phenoxy) is 1. The number of rotatable bonds is 8. The van der Waals surface area contributed by atoms with Crippen LogP contribution in [0, 0.1) is 13.8 Å². The first kappa shape index (κ1) is 20.4. The number of esters is 1. The highest BCUT2D eigenvalue weighted by atomic mass is 32.1. The zero-order valence-corrected chi connectivity index (χ0v) is 17.8. The molecule has 5 nitrogen and oxygen atoms in total. The zero-order chi connectivity index (χ0) is 20.3. The molecule has 1 fully saturated rings. The molecule has 2 heterocycles. The number of carbonyl (C=O) groups is 2. The molecule has 150 valence electrons. The maximum atomic E-state index is 12.9. The van der Waals surface area contributed by atoms with Gasteiger partial charge in [-0.15, -0.1) is 11.3 Å². The smallest absolute Gasteiger partial charge is 0.340 e. The van der Waals surface area contributed by atoms with Crippen molar-refractivity contribution in [1.82, 2.24) is 9.47 Å². The molecule has 0 radical (unpaired) electrons. The Morgan fingerprint density at radius 2 is 2.04 bits per heavy atom. The molecule has 0 unspecified atom stereocenters. The lowest BCUT2D eigenvalue weighted by molar-refractivity contribution is -0.127. The number of hydrogen-bond acceptors (Lipinski definition) is 4. The van der Waals surface area contributed by atoms with Crippen LogP contribution in [0.5, 0.6) is 0 Å². The maximum Gasteiger partial charge on any atom is 0.340 e. The number of amides is 1. The van der Waals surface area contributed by atoms with Gasteiger partial charge in [-0.25, -0.2) is 4.79 Å². The van der Waals surface area contributed by atoms with Crippen molar-refractivity contribution in [2.24, 2.45) is 0 Å². The van der Waals surface area contributed by atoms with Gasteiger partial charge < -0.3 is 14.2 Å². The van der Waals surface area contributed by atoms with E-state index in [2.05, 4.69) is 10.6 Å². The number of hydrogen-bond donors (Lipinski definition) is 0. The van der Waals surface area contributed by atoms with E-state index in [9.17, 15) is 9.59 Å². The third kappa shape index (κ3) is 4.22. The second-order valence-corrected chi connectivity index (χ2v) is 8.07. The van der Waals surface area contributed by atoms with Crippen LogP contribution in [0.1, 0.15) is 58.9 Å². The van der Waals surface area contributed by atoms with E-state index in [1.54, 1.807) is 30.4 Å². The highest BCUT2D eigenvalue weighted by Crippen LogP contribution is 2.30. The van der Waals surface area contributed by atoms with Crippen molar-refractivity contribution in [3.05, 3.63) is 51.0 Å². The lowest BCUT2D eigenvalue weighted by atomic mass is 10.1. The Hall–Kier alpha value is -2.34. The average molecular weight is 401 g/mol. The maximum absolute atomic E-state index is 12.9. The van der Waals surface area contributed by atoms with Crippen LogP contribution in [0.3, 0.4) is 0 Å². The summed E-state index contributed by atoms with van der Waals surface area (Å²) in [6, 6.07) is 4.40. The molecule has 2 aromatic heterocycles. The summed E-state index contributed by atoms with van der Waals surface area (Å²) in [7, 11) is 0. The number of aromatic nitrogens is 1. The van der Waals surface area contributed by atoms with Gasteiger partial charge in [0.2, 0.25) is 5.91 Å². The minimum atomic E-state index is -0.333. The minimum Gasteiger partial charge on any atom is -0.462 e. The van der Waals surface area contributed by atoms with Crippen LogP contribution in [0.2, 0.25) is 0 Å². The van der Waals surface area contributed by atoms with Crippen LogP contribution in [0.15, 0.2) is 23.6 Å². The first-order valence-corrected chi connectivity index (χ1v) is 10.7. The van der Waals surface area contributed by atoms with Crippen molar-refractivity contribution in [2.45, 2.75) is 59.7 Å². The minimum absolute atomic E-state index is 0.00740. The molecule has 0 spiro atoms. The van der Waals surface area contributed by atoms with Gasteiger partial charge in [0.25, 0.3) is 0 Å². The number of carbonyl (C=O) groups excluding carboxylic acids is 2. The van der Waals surface area contributed by atoms with E-state index in [0.29, 0.717) is 24.8 Å². The van der Waals surface area contributed by atoms with Gasteiger partial charge >= 0.3 is 5.97 Å². The first-order valence-electron chi connectivity index (χ1n) is 9.85. The second kappa shape index (κ2) is 8.78. The van der Waals surface area contributed by atoms with Crippen molar-refractivity contribution in [3.63, 3.8) is 0 Å². The van der Waals surface area contributed by atoms with E-state index in [1.165, 1.54) is 4.88 Å². The topological polar surface area (TPSA) is 51.5 Å². The Kier molecular flexibility index (Phi) is 6.39. The molecule has 1 aliphatic rings. The predicted molar refractivity (Wildman–Crippen MR) is 112 cm³/mol. The zero-order valence-electron chi connectivity index (χ0n) is 17.0. The molecule has 3 rings (SSSR count). The highest BCUT2D eigenvalue weighted by molar-refractivity contribution is 7.09. The van der Waals surface area contributed by atoms with E-state index < -0.39 is 0 Å². The molecule has 1 saturated carbocycles. The van der Waals surface area contributed by atoms with Crippen molar-refractivity contribution in [2.75, 3.05) is 6.61 Å². The summed E-state index contributed by atoms with van der Waals surface area (Å²) in [6.07, 6.45) is 5.51. The van der Waals surface area contributed by atoms with Gasteiger partial charge in [-0.3, -0.25) is 4.79 Å². The molecule has 0 saturated heterocycles. The van der Waals surface area contributed by atoms with Crippen LogP contribution in [0.25, 0.3) is 6.08 Å². The molecule has 0 N–H and O–H groups in total. The predicted octanol–water partition coefficient (Wildman–Crippen LogP) is 4.57. The third-order valence-corrected chi connectivity index (χ3v) is 6.06. The van der Waals surface area contributed by atoms with Gasteiger partial charge in [0.1, 0.15) is 0 Å². The van der Waals surface area contributed by atoms with Gasteiger partial charge in [0.15, 0.2) is 0 Å². The molecule has 0 aliphatic heterocycles. The van der Waals surface area contributed by atoms with Crippen LogP contribution in [-0.2, 0) is 22.6 Å². The van der Waals surface area contributed by atoms with E-state index >= 15 is 0 Å². The monoisotopic (exact) mass is 400 g/mol. The van der Waals surface area contributed by atoms with Gasteiger partial charge in [-0.05, 0) is 58.1 Å². The van der Waals surface area contributed by atoms with E-state index in [0.717, 1.165) is 36.3 Å².